The van der Waals surface area contributed by atoms with Gasteiger partial charge in [-0.25, -0.2) is 0 Å². The Bertz CT molecular complexity index is 898. The van der Waals surface area contributed by atoms with Gasteiger partial charge in [0.15, 0.2) is 0 Å². The number of carbonyl (C=O) groups is 3. The molecule has 0 aliphatic heterocycles. The van der Waals surface area contributed by atoms with Crippen molar-refractivity contribution in [2.45, 2.75) is 39.7 Å². The summed E-state index contributed by atoms with van der Waals surface area (Å²) in [5.41, 5.74) is 2.67. The van der Waals surface area contributed by atoms with E-state index >= 15 is 0 Å². The molecule has 0 aliphatic carbocycles. The van der Waals surface area contributed by atoms with E-state index in [1.807, 2.05) is 24.3 Å². The second-order valence-corrected chi connectivity index (χ2v) is 9.37. The summed E-state index contributed by atoms with van der Waals surface area (Å²) < 4.78 is 20.8. The molecule has 0 aliphatic rings. The normalized spacial score (nSPS) is 10.8. The molecule has 0 saturated carbocycles. The predicted octanol–water partition coefficient (Wildman–Crippen LogP) is 3.63. The number of aryl methyl sites for hydroxylation is 1. The number of phenolic OH excluding ortho intramolecular Hbond substituents is 1. The fourth-order valence-electron chi connectivity index (χ4n) is 3.21. The van der Waals surface area contributed by atoms with Gasteiger partial charge in [0.1, 0.15) is 11.5 Å². The summed E-state index contributed by atoms with van der Waals surface area (Å²) in [5, 5.41) is 9.96. The zero-order valence-corrected chi connectivity index (χ0v) is 19.0. The highest BCUT2D eigenvalue weighted by Gasteiger charge is 2.51. The first-order valence-corrected chi connectivity index (χ1v) is 11.6. The summed E-state index contributed by atoms with van der Waals surface area (Å²) in [5.74, 6) is -1.28. The van der Waals surface area contributed by atoms with Crippen LogP contribution in [0.5, 0.6) is 11.5 Å². The molecular formula is C22H26O8Si. The van der Waals surface area contributed by atoms with E-state index in [0.717, 1.165) is 43.2 Å². The third-order valence-corrected chi connectivity index (χ3v) is 7.08. The maximum absolute atomic E-state index is 11.6. The van der Waals surface area contributed by atoms with Crippen molar-refractivity contribution in [3.8, 4) is 22.6 Å². The molecule has 0 radical (unpaired) electrons. The maximum atomic E-state index is 11.6. The number of ether oxygens (including phenoxy) is 1. The zero-order chi connectivity index (χ0) is 23.0. The summed E-state index contributed by atoms with van der Waals surface area (Å²) in [6.07, 6.45) is 0.834. The van der Waals surface area contributed by atoms with Gasteiger partial charge in [0.2, 0.25) is 0 Å². The van der Waals surface area contributed by atoms with Crippen LogP contribution in [-0.2, 0) is 34.1 Å². The van der Waals surface area contributed by atoms with E-state index in [1.54, 1.807) is 25.3 Å². The van der Waals surface area contributed by atoms with Gasteiger partial charge in [-0.3, -0.25) is 14.4 Å². The molecule has 0 amide bonds. The third kappa shape index (κ3) is 7.14. The number of benzene rings is 2. The van der Waals surface area contributed by atoms with Crippen LogP contribution in [0.2, 0.25) is 6.04 Å². The van der Waals surface area contributed by atoms with Gasteiger partial charge in [-0.15, -0.1) is 0 Å². The molecule has 0 heterocycles. The van der Waals surface area contributed by atoms with Crippen LogP contribution in [0.1, 0.15) is 32.8 Å². The molecule has 0 spiro atoms. The van der Waals surface area contributed by atoms with Gasteiger partial charge < -0.3 is 23.1 Å². The van der Waals surface area contributed by atoms with E-state index in [4.69, 9.17) is 18.0 Å². The molecule has 0 aromatic heterocycles. The third-order valence-electron chi connectivity index (χ3n) is 4.32. The molecular weight excluding hydrogens is 420 g/mol. The average molecular weight is 447 g/mol. The Labute approximate surface area is 182 Å². The number of aromatic hydroxyl groups is 1. The zero-order valence-electron chi connectivity index (χ0n) is 18.0. The van der Waals surface area contributed by atoms with Crippen molar-refractivity contribution in [1.29, 1.82) is 0 Å². The minimum atomic E-state index is -3.89. The second-order valence-electron chi connectivity index (χ2n) is 6.89. The molecule has 1 N–H and O–H groups in total. The number of methoxy groups -OCH3 is 1. The van der Waals surface area contributed by atoms with Crippen LogP contribution in [0.3, 0.4) is 0 Å². The SMILES string of the molecule is COc1ccc(-c2ccc(O)cc2CCC[Si](OC(C)=O)(OC(C)=O)OC(C)=O)cc1. The Hall–Kier alpha value is -3.33. The molecule has 0 unspecified atom stereocenters. The first-order chi connectivity index (χ1) is 14.6. The van der Waals surface area contributed by atoms with Gasteiger partial charge in [0, 0.05) is 20.8 Å². The fraction of sp³-hybridized carbons (Fsp3) is 0.318. The molecule has 0 fully saturated rings. The van der Waals surface area contributed by atoms with Crippen LogP contribution in [0.4, 0.5) is 0 Å². The van der Waals surface area contributed by atoms with Gasteiger partial charge in [0.05, 0.1) is 13.2 Å². The van der Waals surface area contributed by atoms with Gasteiger partial charge in [-0.1, -0.05) is 18.2 Å². The van der Waals surface area contributed by atoms with Crippen molar-refractivity contribution in [3.05, 3.63) is 48.0 Å². The quantitative estimate of drug-likeness (QED) is 0.582. The molecule has 2 aromatic carbocycles. The lowest BCUT2D eigenvalue weighted by Crippen LogP contribution is -2.49. The molecule has 0 atom stereocenters. The fourth-order valence-corrected chi connectivity index (χ4v) is 5.56. The van der Waals surface area contributed by atoms with Crippen LogP contribution < -0.4 is 4.74 Å². The highest BCUT2D eigenvalue weighted by Crippen LogP contribution is 2.30. The first-order valence-electron chi connectivity index (χ1n) is 9.69. The molecule has 0 saturated heterocycles. The monoisotopic (exact) mass is 446 g/mol. The standard InChI is InChI=1S/C22H26O8Si/c1-15(23)28-31(29-16(2)24,30-17(3)25)13-5-6-19-14-20(26)9-12-22(19)18-7-10-21(27-4)11-8-18/h7-12,14,26H,5-6,13H2,1-4H3. The molecule has 31 heavy (non-hydrogen) atoms. The summed E-state index contributed by atoms with van der Waals surface area (Å²) in [6.45, 7) is 3.48. The van der Waals surface area contributed by atoms with Crippen molar-refractivity contribution in [3.63, 3.8) is 0 Å². The van der Waals surface area contributed by atoms with Crippen molar-refractivity contribution < 1.29 is 37.5 Å². The topological polar surface area (TPSA) is 108 Å². The van der Waals surface area contributed by atoms with Crippen LogP contribution in [0.15, 0.2) is 42.5 Å². The van der Waals surface area contributed by atoms with Crippen molar-refractivity contribution >= 4 is 26.7 Å². The number of rotatable bonds is 9. The molecule has 166 valence electrons. The number of phenols is 1. The Morgan fingerprint density at radius 3 is 1.90 bits per heavy atom. The van der Waals surface area contributed by atoms with E-state index in [2.05, 4.69) is 0 Å². The number of hydrogen-bond donors (Lipinski definition) is 1. The van der Waals surface area contributed by atoms with E-state index in [-0.39, 0.29) is 11.8 Å². The Morgan fingerprint density at radius 2 is 1.42 bits per heavy atom. The molecule has 0 bridgehead atoms. The van der Waals surface area contributed by atoms with Crippen LogP contribution >= 0.6 is 0 Å². The maximum Gasteiger partial charge on any atom is 0.705 e. The average Bonchev–Trinajstić information content (AvgIpc) is 2.66. The molecule has 8 nitrogen and oxygen atoms in total. The summed E-state index contributed by atoms with van der Waals surface area (Å²) in [4.78, 5) is 34.7. The minimum Gasteiger partial charge on any atom is -0.508 e. The van der Waals surface area contributed by atoms with Gasteiger partial charge in [0.25, 0.3) is 17.9 Å². The van der Waals surface area contributed by atoms with E-state index in [1.165, 1.54) is 0 Å². The van der Waals surface area contributed by atoms with E-state index in [0.29, 0.717) is 12.8 Å². The van der Waals surface area contributed by atoms with Gasteiger partial charge >= 0.3 is 8.80 Å². The summed E-state index contributed by atoms with van der Waals surface area (Å²) in [7, 11) is -2.30. The Morgan fingerprint density at radius 1 is 0.871 bits per heavy atom. The lowest BCUT2D eigenvalue weighted by Gasteiger charge is -2.26. The van der Waals surface area contributed by atoms with E-state index in [9.17, 15) is 19.5 Å². The lowest BCUT2D eigenvalue weighted by molar-refractivity contribution is -0.147. The van der Waals surface area contributed by atoms with Crippen molar-refractivity contribution in [2.24, 2.45) is 0 Å². The molecule has 2 rings (SSSR count). The Balaban J connectivity index is 2.26. The highest BCUT2D eigenvalue weighted by molar-refractivity contribution is 6.65. The summed E-state index contributed by atoms with van der Waals surface area (Å²) in [6, 6.07) is 12.6. The minimum absolute atomic E-state index is 0.0590. The molecule has 2 aromatic rings. The van der Waals surface area contributed by atoms with Crippen LogP contribution in [0, 0.1) is 0 Å². The highest BCUT2D eigenvalue weighted by atomic mass is 28.4. The van der Waals surface area contributed by atoms with Crippen molar-refractivity contribution in [2.75, 3.05) is 7.11 Å². The second kappa shape index (κ2) is 10.6. The first kappa shape index (κ1) is 23.9. The van der Waals surface area contributed by atoms with Crippen LogP contribution in [0.25, 0.3) is 11.1 Å². The largest absolute Gasteiger partial charge is 0.705 e. The van der Waals surface area contributed by atoms with Gasteiger partial charge in [-0.05, 0) is 53.8 Å². The summed E-state index contributed by atoms with van der Waals surface area (Å²) >= 11 is 0. The number of carbonyl (C=O) groups excluding carboxylic acids is 3. The van der Waals surface area contributed by atoms with E-state index < -0.39 is 26.7 Å². The lowest BCUT2D eigenvalue weighted by atomic mass is 9.96. The van der Waals surface area contributed by atoms with Crippen molar-refractivity contribution in [1.82, 2.24) is 0 Å². The number of hydrogen-bond acceptors (Lipinski definition) is 8. The predicted molar refractivity (Wildman–Crippen MR) is 114 cm³/mol. The smallest absolute Gasteiger partial charge is 0.508 e. The Kier molecular flexibility index (Phi) is 8.20. The van der Waals surface area contributed by atoms with Gasteiger partial charge in [-0.2, -0.15) is 0 Å². The molecule has 9 heteroatoms. The van der Waals surface area contributed by atoms with Crippen LogP contribution in [-0.4, -0.2) is 38.9 Å².